The number of nitrogens with one attached hydrogen (secondary N) is 1. The van der Waals surface area contributed by atoms with Gasteiger partial charge in [0.15, 0.2) is 0 Å². The lowest BCUT2D eigenvalue weighted by molar-refractivity contribution is -0.132. The molecule has 6 rings (SSSR count). The summed E-state index contributed by atoms with van der Waals surface area (Å²) in [6.07, 6.45) is 3.77. The highest BCUT2D eigenvalue weighted by atomic mass is 16.5. The lowest BCUT2D eigenvalue weighted by atomic mass is 10.1. The normalized spacial score (nSPS) is 16.4. The highest BCUT2D eigenvalue weighted by Gasteiger charge is 2.24. The van der Waals surface area contributed by atoms with Crippen LogP contribution in [0.4, 0.5) is 11.6 Å². The molecule has 0 atom stereocenters. The Labute approximate surface area is 214 Å². The van der Waals surface area contributed by atoms with Crippen LogP contribution in [0.15, 0.2) is 65.7 Å². The molecule has 0 unspecified atom stereocenters. The van der Waals surface area contributed by atoms with Crippen LogP contribution in [-0.4, -0.2) is 82.8 Å². The van der Waals surface area contributed by atoms with Crippen molar-refractivity contribution >= 4 is 28.6 Å². The monoisotopic (exact) mass is 499 g/mol. The van der Waals surface area contributed by atoms with E-state index in [0.717, 1.165) is 46.9 Å². The molecule has 190 valence electrons. The van der Waals surface area contributed by atoms with E-state index in [0.29, 0.717) is 39.4 Å². The van der Waals surface area contributed by atoms with Gasteiger partial charge in [-0.15, -0.1) is 0 Å². The fraction of sp³-hybridized carbons (Fsp3) is 0.333. The van der Waals surface area contributed by atoms with Crippen LogP contribution in [0.3, 0.4) is 0 Å². The predicted molar refractivity (Wildman–Crippen MR) is 142 cm³/mol. The minimum Gasteiger partial charge on any atom is -0.378 e. The maximum Gasteiger partial charge on any atom is 0.326 e. The average molecular weight is 500 g/mol. The number of fused-ring (bicyclic) bond motifs is 1. The van der Waals surface area contributed by atoms with Crippen LogP contribution < -0.4 is 15.5 Å². The number of carbonyl (C=O) groups is 1. The number of ether oxygens (including phenoxy) is 1. The highest BCUT2D eigenvalue weighted by molar-refractivity contribution is 5.81. The van der Waals surface area contributed by atoms with Gasteiger partial charge in [-0.25, -0.2) is 14.8 Å². The minimum absolute atomic E-state index is 0.0340. The van der Waals surface area contributed by atoms with E-state index in [9.17, 15) is 9.59 Å². The summed E-state index contributed by atoms with van der Waals surface area (Å²) < 4.78 is 6.94. The molecule has 0 saturated carbocycles. The van der Waals surface area contributed by atoms with Crippen molar-refractivity contribution < 1.29 is 9.53 Å². The number of rotatable bonds is 5. The Bertz CT molecular complexity index is 1450. The number of hydrogen-bond acceptors (Lipinski definition) is 7. The molecule has 0 bridgehead atoms. The van der Waals surface area contributed by atoms with Crippen molar-refractivity contribution in [3.8, 4) is 11.1 Å². The molecule has 10 heteroatoms. The lowest BCUT2D eigenvalue weighted by Gasteiger charge is -2.37. The van der Waals surface area contributed by atoms with Crippen molar-refractivity contribution in [2.75, 3.05) is 62.3 Å². The molecule has 37 heavy (non-hydrogen) atoms. The van der Waals surface area contributed by atoms with Crippen molar-refractivity contribution in [1.29, 1.82) is 0 Å². The number of aromatic nitrogens is 4. The molecule has 1 amide bonds. The second-order valence-electron chi connectivity index (χ2n) is 9.29. The summed E-state index contributed by atoms with van der Waals surface area (Å²) >= 11 is 0. The van der Waals surface area contributed by atoms with E-state index in [1.165, 1.54) is 4.57 Å². The van der Waals surface area contributed by atoms with Gasteiger partial charge in [-0.05, 0) is 18.2 Å². The van der Waals surface area contributed by atoms with Gasteiger partial charge in [0, 0.05) is 68.5 Å². The first kappa shape index (κ1) is 23.2. The van der Waals surface area contributed by atoms with Crippen LogP contribution in [-0.2, 0) is 16.1 Å². The first-order valence-electron chi connectivity index (χ1n) is 12.6. The zero-order chi connectivity index (χ0) is 25.2. The van der Waals surface area contributed by atoms with Crippen LogP contribution in [0.2, 0.25) is 0 Å². The molecule has 0 radical (unpaired) electrons. The number of amides is 1. The number of para-hydroxylation sites is 3. The van der Waals surface area contributed by atoms with Crippen LogP contribution in [0.1, 0.15) is 0 Å². The quantitative estimate of drug-likeness (QED) is 0.448. The highest BCUT2D eigenvalue weighted by Crippen LogP contribution is 2.31. The van der Waals surface area contributed by atoms with Gasteiger partial charge in [0.05, 0.1) is 24.2 Å². The summed E-state index contributed by atoms with van der Waals surface area (Å²) in [7, 11) is 0. The van der Waals surface area contributed by atoms with Crippen molar-refractivity contribution in [2.45, 2.75) is 6.54 Å². The molecule has 4 heterocycles. The maximum atomic E-state index is 13.1. The first-order valence-corrected chi connectivity index (χ1v) is 12.6. The van der Waals surface area contributed by atoms with E-state index in [4.69, 9.17) is 4.74 Å². The van der Waals surface area contributed by atoms with Gasteiger partial charge in [-0.2, -0.15) is 0 Å². The number of benzene rings is 2. The molecular weight excluding hydrogens is 470 g/mol. The van der Waals surface area contributed by atoms with E-state index < -0.39 is 0 Å². The smallest absolute Gasteiger partial charge is 0.326 e. The molecule has 0 aliphatic carbocycles. The van der Waals surface area contributed by atoms with Gasteiger partial charge in [0.1, 0.15) is 6.54 Å². The van der Waals surface area contributed by atoms with E-state index >= 15 is 0 Å². The number of imidazole rings is 1. The average Bonchev–Trinajstić information content (AvgIpc) is 3.28. The second kappa shape index (κ2) is 10.1. The number of hydrogen-bond donors (Lipinski definition) is 1. The summed E-state index contributed by atoms with van der Waals surface area (Å²) in [4.78, 5) is 43.8. The first-order chi connectivity index (χ1) is 18.2. The molecule has 10 nitrogen and oxygen atoms in total. The Balaban J connectivity index is 1.13. The van der Waals surface area contributed by atoms with Crippen molar-refractivity contribution in [3.63, 3.8) is 0 Å². The topological polar surface area (TPSA) is 99.6 Å². The fourth-order valence-corrected chi connectivity index (χ4v) is 5.08. The molecular formula is C27H29N7O3. The summed E-state index contributed by atoms with van der Waals surface area (Å²) in [6, 6.07) is 15.7. The largest absolute Gasteiger partial charge is 0.378 e. The number of nitrogens with zero attached hydrogens (tertiary/aromatic N) is 6. The Hall–Kier alpha value is -4.18. The summed E-state index contributed by atoms with van der Waals surface area (Å²) in [6.45, 7) is 5.62. The van der Waals surface area contributed by atoms with Gasteiger partial charge >= 0.3 is 5.69 Å². The third kappa shape index (κ3) is 4.67. The number of morpholine rings is 1. The van der Waals surface area contributed by atoms with Crippen molar-refractivity contribution in [3.05, 3.63) is 71.4 Å². The number of carbonyl (C=O) groups excluding carboxylic acids is 1. The fourth-order valence-electron chi connectivity index (χ4n) is 5.08. The maximum absolute atomic E-state index is 13.1. The molecule has 2 fully saturated rings. The minimum atomic E-state index is -0.260. The standard InChI is InChI=1S/C27H29N7O3/c35-25(19-34-24-8-4-2-6-22(24)30-27(34)36)32-11-9-31(10-12-32)23-7-3-1-5-21(23)20-17-28-26(29-18-20)33-13-15-37-16-14-33/h1-8,17-18H,9-16,19H2,(H,30,36). The van der Waals surface area contributed by atoms with E-state index in [2.05, 4.69) is 36.9 Å². The summed E-state index contributed by atoms with van der Waals surface area (Å²) in [5.41, 5.74) is 4.36. The molecule has 2 aromatic heterocycles. The van der Waals surface area contributed by atoms with E-state index in [1.807, 2.05) is 53.7 Å². The lowest BCUT2D eigenvalue weighted by Crippen LogP contribution is -2.50. The van der Waals surface area contributed by atoms with Crippen molar-refractivity contribution in [2.24, 2.45) is 0 Å². The summed E-state index contributed by atoms with van der Waals surface area (Å²) in [5, 5.41) is 0. The van der Waals surface area contributed by atoms with Crippen LogP contribution in [0, 0.1) is 0 Å². The second-order valence-corrected chi connectivity index (χ2v) is 9.29. The molecule has 2 aromatic carbocycles. The Morgan fingerprint density at radius 3 is 2.35 bits per heavy atom. The SMILES string of the molecule is O=C(Cn1c(=O)[nH]c2ccccc21)N1CCN(c2ccccc2-c2cnc(N3CCOCC3)nc2)CC1. The molecule has 1 N–H and O–H groups in total. The third-order valence-corrected chi connectivity index (χ3v) is 7.10. The number of anilines is 2. The van der Waals surface area contributed by atoms with Crippen LogP contribution in [0.25, 0.3) is 22.2 Å². The molecule has 4 aromatic rings. The zero-order valence-electron chi connectivity index (χ0n) is 20.5. The number of aromatic amines is 1. The molecule has 2 aliphatic heterocycles. The van der Waals surface area contributed by atoms with Gasteiger partial charge < -0.3 is 24.4 Å². The van der Waals surface area contributed by atoms with Gasteiger partial charge in [0.25, 0.3) is 0 Å². The Kier molecular flexibility index (Phi) is 6.32. The Morgan fingerprint density at radius 2 is 1.57 bits per heavy atom. The van der Waals surface area contributed by atoms with E-state index in [1.54, 1.807) is 0 Å². The Morgan fingerprint density at radius 1 is 0.865 bits per heavy atom. The molecule has 2 saturated heterocycles. The zero-order valence-corrected chi connectivity index (χ0v) is 20.5. The van der Waals surface area contributed by atoms with Crippen LogP contribution in [0.5, 0.6) is 0 Å². The predicted octanol–water partition coefficient (Wildman–Crippen LogP) is 1.97. The number of H-pyrrole nitrogens is 1. The third-order valence-electron chi connectivity index (χ3n) is 7.10. The molecule has 2 aliphatic rings. The van der Waals surface area contributed by atoms with Gasteiger partial charge in [-0.1, -0.05) is 30.3 Å². The molecule has 0 spiro atoms. The van der Waals surface area contributed by atoms with Gasteiger partial charge in [-0.3, -0.25) is 9.36 Å². The number of piperazine rings is 1. The van der Waals surface area contributed by atoms with Gasteiger partial charge in [0.2, 0.25) is 11.9 Å². The summed E-state index contributed by atoms with van der Waals surface area (Å²) in [5.74, 6) is 0.679. The van der Waals surface area contributed by atoms with E-state index in [-0.39, 0.29) is 18.1 Å². The van der Waals surface area contributed by atoms with Crippen LogP contribution >= 0.6 is 0 Å². The van der Waals surface area contributed by atoms with Crippen molar-refractivity contribution in [1.82, 2.24) is 24.4 Å².